The smallest absolute Gasteiger partial charge is 0.189 e. The lowest BCUT2D eigenvalue weighted by atomic mass is 10.4. The first-order valence-electron chi connectivity index (χ1n) is 3.55. The zero-order valence-corrected chi connectivity index (χ0v) is 7.29. The van der Waals surface area contributed by atoms with Crippen LogP contribution in [0.3, 0.4) is 0 Å². The number of hydrogen-bond donors (Lipinski definition) is 1. The van der Waals surface area contributed by atoms with Crippen LogP contribution in [0.1, 0.15) is 0 Å². The molecule has 0 saturated heterocycles. The Morgan fingerprint density at radius 1 is 1.33 bits per heavy atom. The normalized spacial score (nSPS) is 12.8. The lowest BCUT2D eigenvalue weighted by molar-refractivity contribution is 0.213. The highest BCUT2D eigenvalue weighted by Gasteiger charge is 2.01. The van der Waals surface area contributed by atoms with Crippen LogP contribution in [0.4, 0.5) is 0 Å². The highest BCUT2D eigenvalue weighted by Crippen LogP contribution is 2.05. The first-order chi connectivity index (χ1) is 5.84. The van der Waals surface area contributed by atoms with Gasteiger partial charge in [0.2, 0.25) is 0 Å². The molecule has 1 N–H and O–H groups in total. The fourth-order valence-electron chi connectivity index (χ4n) is 0.713. The molecule has 0 saturated carbocycles. The molecule has 1 atom stereocenters. The van der Waals surface area contributed by atoms with Gasteiger partial charge in [0.15, 0.2) is 11.1 Å². The maximum absolute atomic E-state index is 11.2. The zero-order valence-electron chi connectivity index (χ0n) is 6.47. The number of aliphatic hydroxyl groups excluding tert-OH is 1. The predicted molar refractivity (Wildman–Crippen MR) is 45.9 cm³/mol. The summed E-state index contributed by atoms with van der Waals surface area (Å²) >= 11 is -1.44. The Morgan fingerprint density at radius 3 is 2.58 bits per heavy atom. The van der Waals surface area contributed by atoms with Crippen LogP contribution in [-0.4, -0.2) is 22.5 Å². The van der Waals surface area contributed by atoms with Crippen LogP contribution < -0.4 is 0 Å². The van der Waals surface area contributed by atoms with Crippen molar-refractivity contribution < 1.29 is 13.5 Å². The summed E-state index contributed by atoms with van der Waals surface area (Å²) < 4.78 is 16.0. The van der Waals surface area contributed by atoms with Crippen LogP contribution in [0.15, 0.2) is 35.2 Å². The number of hydrogen-bond acceptors (Lipinski definition) is 3. The van der Waals surface area contributed by atoms with Gasteiger partial charge < -0.3 is 5.11 Å². The third kappa shape index (κ3) is 2.73. The molecule has 0 fully saturated rings. The average Bonchev–Trinajstić information content (AvgIpc) is 2.15. The maximum atomic E-state index is 11.2. The molecule has 0 heterocycles. The SMILES string of the molecule is O=S(OCCO)c1ccccc1. The van der Waals surface area contributed by atoms with Crippen LogP contribution in [-0.2, 0) is 15.3 Å². The molecule has 12 heavy (non-hydrogen) atoms. The Hall–Kier alpha value is -0.710. The van der Waals surface area contributed by atoms with E-state index in [1.54, 1.807) is 24.3 Å². The van der Waals surface area contributed by atoms with E-state index in [-0.39, 0.29) is 13.2 Å². The third-order valence-electron chi connectivity index (χ3n) is 1.22. The van der Waals surface area contributed by atoms with Crippen LogP contribution in [0, 0.1) is 0 Å². The zero-order chi connectivity index (χ0) is 8.81. The fourth-order valence-corrected chi connectivity index (χ4v) is 1.45. The van der Waals surface area contributed by atoms with Crippen LogP contribution in [0.5, 0.6) is 0 Å². The Morgan fingerprint density at radius 2 is 2.00 bits per heavy atom. The van der Waals surface area contributed by atoms with Gasteiger partial charge in [0.1, 0.15) is 0 Å². The molecule has 1 unspecified atom stereocenters. The first kappa shape index (κ1) is 9.38. The van der Waals surface area contributed by atoms with Crippen molar-refractivity contribution in [2.75, 3.05) is 13.2 Å². The minimum Gasteiger partial charge on any atom is -0.394 e. The largest absolute Gasteiger partial charge is 0.394 e. The van der Waals surface area contributed by atoms with Gasteiger partial charge in [0, 0.05) is 0 Å². The average molecular weight is 186 g/mol. The second kappa shape index (κ2) is 5.03. The second-order valence-corrected chi connectivity index (χ2v) is 3.27. The maximum Gasteiger partial charge on any atom is 0.189 e. The van der Waals surface area contributed by atoms with Crippen molar-refractivity contribution in [2.45, 2.75) is 4.90 Å². The topological polar surface area (TPSA) is 46.5 Å². The van der Waals surface area contributed by atoms with Crippen molar-refractivity contribution in [3.05, 3.63) is 30.3 Å². The van der Waals surface area contributed by atoms with Gasteiger partial charge in [-0.05, 0) is 12.1 Å². The molecular weight excluding hydrogens is 176 g/mol. The molecule has 4 heteroatoms. The Balaban J connectivity index is 2.54. The summed E-state index contributed by atoms with van der Waals surface area (Å²) in [6.07, 6.45) is 0. The van der Waals surface area contributed by atoms with E-state index >= 15 is 0 Å². The summed E-state index contributed by atoms with van der Waals surface area (Å²) in [7, 11) is 0. The van der Waals surface area contributed by atoms with Gasteiger partial charge in [-0.3, -0.25) is 4.18 Å². The Labute approximate surface area is 73.7 Å². The van der Waals surface area contributed by atoms with E-state index in [1.165, 1.54) is 0 Å². The highest BCUT2D eigenvalue weighted by atomic mass is 32.2. The van der Waals surface area contributed by atoms with Gasteiger partial charge in [0.25, 0.3) is 0 Å². The van der Waals surface area contributed by atoms with Crippen molar-refractivity contribution in [3.63, 3.8) is 0 Å². The van der Waals surface area contributed by atoms with E-state index < -0.39 is 11.1 Å². The van der Waals surface area contributed by atoms with Gasteiger partial charge in [-0.2, -0.15) is 0 Å². The van der Waals surface area contributed by atoms with E-state index in [9.17, 15) is 4.21 Å². The molecule has 3 nitrogen and oxygen atoms in total. The fraction of sp³-hybridized carbons (Fsp3) is 0.250. The quantitative estimate of drug-likeness (QED) is 0.753. The predicted octanol–water partition coefficient (Wildman–Crippen LogP) is 0.718. The molecule has 66 valence electrons. The van der Waals surface area contributed by atoms with E-state index in [0.29, 0.717) is 4.90 Å². The van der Waals surface area contributed by atoms with E-state index in [1.807, 2.05) is 6.07 Å². The molecule has 0 aliphatic carbocycles. The minimum absolute atomic E-state index is 0.0987. The summed E-state index contributed by atoms with van der Waals surface area (Å²) in [6, 6.07) is 8.85. The molecule has 0 spiro atoms. The summed E-state index contributed by atoms with van der Waals surface area (Å²) in [5.74, 6) is 0. The van der Waals surface area contributed by atoms with Gasteiger partial charge >= 0.3 is 0 Å². The van der Waals surface area contributed by atoms with E-state index in [2.05, 4.69) is 0 Å². The number of rotatable bonds is 4. The third-order valence-corrected chi connectivity index (χ3v) is 2.26. The molecule has 0 aliphatic rings. The van der Waals surface area contributed by atoms with Gasteiger partial charge in [0.05, 0.1) is 18.1 Å². The molecular formula is C8H10O3S. The number of benzene rings is 1. The Kier molecular flexibility index (Phi) is 3.93. The van der Waals surface area contributed by atoms with Crippen molar-refractivity contribution >= 4 is 11.1 Å². The lowest BCUT2D eigenvalue weighted by Crippen LogP contribution is -2.02. The summed E-state index contributed by atoms with van der Waals surface area (Å²) in [5.41, 5.74) is 0. The van der Waals surface area contributed by atoms with Crippen LogP contribution in [0.2, 0.25) is 0 Å². The van der Waals surface area contributed by atoms with Gasteiger partial charge in [-0.15, -0.1) is 0 Å². The molecule has 1 rings (SSSR count). The summed E-state index contributed by atoms with van der Waals surface area (Å²) in [6.45, 7) is -0.0138. The summed E-state index contributed by atoms with van der Waals surface area (Å²) in [4.78, 5) is 0.617. The monoisotopic (exact) mass is 186 g/mol. The molecule has 1 aromatic carbocycles. The molecule has 0 aliphatic heterocycles. The molecule has 0 amide bonds. The van der Waals surface area contributed by atoms with Gasteiger partial charge in [-0.25, -0.2) is 4.21 Å². The number of aliphatic hydroxyl groups is 1. The van der Waals surface area contributed by atoms with Crippen molar-refractivity contribution in [1.82, 2.24) is 0 Å². The molecule has 0 aromatic heterocycles. The van der Waals surface area contributed by atoms with E-state index in [4.69, 9.17) is 9.29 Å². The second-order valence-electron chi connectivity index (χ2n) is 2.09. The van der Waals surface area contributed by atoms with Crippen molar-refractivity contribution in [3.8, 4) is 0 Å². The van der Waals surface area contributed by atoms with Crippen LogP contribution >= 0.6 is 0 Å². The first-order valence-corrected chi connectivity index (χ1v) is 4.63. The van der Waals surface area contributed by atoms with Gasteiger partial charge in [-0.1, -0.05) is 18.2 Å². The van der Waals surface area contributed by atoms with Crippen molar-refractivity contribution in [1.29, 1.82) is 0 Å². The van der Waals surface area contributed by atoms with Crippen molar-refractivity contribution in [2.24, 2.45) is 0 Å². The molecule has 0 radical (unpaired) electrons. The van der Waals surface area contributed by atoms with E-state index in [0.717, 1.165) is 0 Å². The standard InChI is InChI=1S/C8H10O3S/c9-6-7-11-12(10)8-4-2-1-3-5-8/h1-5,9H,6-7H2. The lowest BCUT2D eigenvalue weighted by Gasteiger charge is -1.99. The molecule has 0 bridgehead atoms. The Bertz CT molecular complexity index is 248. The summed E-state index contributed by atoms with van der Waals surface area (Å²) in [5, 5.41) is 8.40. The highest BCUT2D eigenvalue weighted by molar-refractivity contribution is 7.80. The van der Waals surface area contributed by atoms with Crippen LogP contribution in [0.25, 0.3) is 0 Å². The minimum atomic E-state index is -1.44. The molecule has 1 aromatic rings.